The van der Waals surface area contributed by atoms with E-state index < -0.39 is 0 Å². The van der Waals surface area contributed by atoms with Crippen LogP contribution in [0.25, 0.3) is 0 Å². The number of amides is 2. The van der Waals surface area contributed by atoms with E-state index in [4.69, 9.17) is 9.47 Å². The summed E-state index contributed by atoms with van der Waals surface area (Å²) in [6, 6.07) is 22.9. The second kappa shape index (κ2) is 11.2. The number of hydrogen-bond acceptors (Lipinski definition) is 5. The monoisotopic (exact) mass is 429 g/mol. The van der Waals surface area contributed by atoms with E-state index in [1.54, 1.807) is 60.7 Å². The number of ether oxygens (including phenoxy) is 2. The Morgan fingerprint density at radius 1 is 0.938 bits per heavy atom. The van der Waals surface area contributed by atoms with Gasteiger partial charge in [-0.2, -0.15) is 5.26 Å². The third-order valence-electron chi connectivity index (χ3n) is 4.48. The standard InChI is InChI=1S/C25H23N3O4/c1-2-27-24(29)17-32-22-12-10-21(11-13-22)28-25(30)18-8-5-9-23(14-18)31-16-20-7-4-3-6-19(20)15-26/h3-14H,2,16-17H2,1H3,(H,27,29)(H,28,30). The lowest BCUT2D eigenvalue weighted by atomic mass is 10.1. The van der Waals surface area contributed by atoms with Crippen molar-refractivity contribution in [2.24, 2.45) is 0 Å². The van der Waals surface area contributed by atoms with Gasteiger partial charge in [-0.1, -0.05) is 24.3 Å². The number of anilines is 1. The van der Waals surface area contributed by atoms with E-state index in [1.165, 1.54) is 0 Å². The Hall–Kier alpha value is -4.31. The first-order valence-corrected chi connectivity index (χ1v) is 10.1. The Balaban J connectivity index is 1.57. The molecule has 0 aromatic heterocycles. The summed E-state index contributed by atoms with van der Waals surface area (Å²) in [4.78, 5) is 24.1. The summed E-state index contributed by atoms with van der Waals surface area (Å²) in [7, 11) is 0. The zero-order chi connectivity index (χ0) is 22.8. The molecule has 7 heteroatoms. The predicted molar refractivity (Wildman–Crippen MR) is 121 cm³/mol. The number of carbonyl (C=O) groups excluding carboxylic acids is 2. The highest BCUT2D eigenvalue weighted by atomic mass is 16.5. The van der Waals surface area contributed by atoms with Crippen LogP contribution >= 0.6 is 0 Å². The Morgan fingerprint density at radius 3 is 2.47 bits per heavy atom. The smallest absolute Gasteiger partial charge is 0.257 e. The van der Waals surface area contributed by atoms with Crippen LogP contribution in [0.1, 0.15) is 28.4 Å². The van der Waals surface area contributed by atoms with Crippen LogP contribution in [-0.4, -0.2) is 25.0 Å². The summed E-state index contributed by atoms with van der Waals surface area (Å²) >= 11 is 0. The fourth-order valence-electron chi connectivity index (χ4n) is 2.88. The first-order chi connectivity index (χ1) is 15.6. The van der Waals surface area contributed by atoms with Gasteiger partial charge >= 0.3 is 0 Å². The van der Waals surface area contributed by atoms with Crippen molar-refractivity contribution < 1.29 is 19.1 Å². The Kier molecular flexibility index (Phi) is 7.82. The Morgan fingerprint density at radius 2 is 1.72 bits per heavy atom. The van der Waals surface area contributed by atoms with Crippen molar-refractivity contribution in [2.45, 2.75) is 13.5 Å². The fourth-order valence-corrected chi connectivity index (χ4v) is 2.88. The molecule has 0 atom stereocenters. The molecule has 0 aliphatic carbocycles. The molecule has 2 N–H and O–H groups in total. The Bertz CT molecular complexity index is 1120. The van der Waals surface area contributed by atoms with E-state index >= 15 is 0 Å². The summed E-state index contributed by atoms with van der Waals surface area (Å²) in [5.41, 5.74) is 2.36. The minimum atomic E-state index is -0.288. The molecule has 0 heterocycles. The molecule has 3 aromatic carbocycles. The van der Waals surface area contributed by atoms with E-state index in [-0.39, 0.29) is 25.0 Å². The molecular formula is C25H23N3O4. The van der Waals surface area contributed by atoms with Crippen LogP contribution in [0.4, 0.5) is 5.69 Å². The molecule has 0 unspecified atom stereocenters. The molecule has 0 aliphatic heterocycles. The van der Waals surface area contributed by atoms with E-state index in [1.807, 2.05) is 19.1 Å². The normalized spacial score (nSPS) is 10.0. The maximum Gasteiger partial charge on any atom is 0.257 e. The quantitative estimate of drug-likeness (QED) is 0.537. The van der Waals surface area contributed by atoms with E-state index in [9.17, 15) is 14.9 Å². The summed E-state index contributed by atoms with van der Waals surface area (Å²) in [6.45, 7) is 2.55. The number of rotatable bonds is 9. The van der Waals surface area contributed by atoms with Gasteiger partial charge in [0.25, 0.3) is 11.8 Å². The molecule has 0 saturated carbocycles. The van der Waals surface area contributed by atoms with Crippen LogP contribution in [0, 0.1) is 11.3 Å². The first-order valence-electron chi connectivity index (χ1n) is 10.1. The first kappa shape index (κ1) is 22.4. The van der Waals surface area contributed by atoms with Crippen LogP contribution in [0.15, 0.2) is 72.8 Å². The van der Waals surface area contributed by atoms with Gasteiger partial charge < -0.3 is 20.1 Å². The molecule has 0 spiro atoms. The highest BCUT2D eigenvalue weighted by Crippen LogP contribution is 2.19. The van der Waals surface area contributed by atoms with Gasteiger partial charge in [0.2, 0.25) is 0 Å². The second-order valence-electron chi connectivity index (χ2n) is 6.81. The van der Waals surface area contributed by atoms with Crippen LogP contribution in [0.5, 0.6) is 11.5 Å². The van der Waals surface area contributed by atoms with Crippen molar-refractivity contribution in [1.82, 2.24) is 5.32 Å². The largest absolute Gasteiger partial charge is 0.489 e. The number of hydrogen-bond donors (Lipinski definition) is 2. The van der Waals surface area contributed by atoms with Gasteiger partial charge in [-0.3, -0.25) is 9.59 Å². The third kappa shape index (κ3) is 6.34. The topological polar surface area (TPSA) is 100 Å². The molecule has 0 bridgehead atoms. The van der Waals surface area contributed by atoms with Crippen molar-refractivity contribution in [3.8, 4) is 17.6 Å². The Labute approximate surface area is 186 Å². The van der Waals surface area contributed by atoms with Crippen molar-refractivity contribution in [3.05, 3.63) is 89.5 Å². The number of nitrogens with zero attached hydrogens (tertiary/aromatic N) is 1. The predicted octanol–water partition coefficient (Wildman–Crippen LogP) is 3.90. The maximum absolute atomic E-state index is 12.6. The van der Waals surface area contributed by atoms with Gasteiger partial charge in [0.1, 0.15) is 18.1 Å². The summed E-state index contributed by atoms with van der Waals surface area (Å²) < 4.78 is 11.2. The lowest BCUT2D eigenvalue weighted by molar-refractivity contribution is -0.122. The molecule has 2 amide bonds. The average molecular weight is 429 g/mol. The average Bonchev–Trinajstić information content (AvgIpc) is 2.83. The molecule has 0 fully saturated rings. The maximum atomic E-state index is 12.6. The lowest BCUT2D eigenvalue weighted by Gasteiger charge is -2.10. The van der Waals surface area contributed by atoms with Gasteiger partial charge in [-0.25, -0.2) is 0 Å². The second-order valence-corrected chi connectivity index (χ2v) is 6.81. The minimum absolute atomic E-state index is 0.0643. The van der Waals surface area contributed by atoms with Crippen molar-refractivity contribution >= 4 is 17.5 Å². The van der Waals surface area contributed by atoms with E-state index in [2.05, 4.69) is 16.7 Å². The molecular weight excluding hydrogens is 406 g/mol. The summed E-state index contributed by atoms with van der Waals surface area (Å²) in [5.74, 6) is 0.578. The molecule has 0 saturated heterocycles. The number of nitriles is 1. The highest BCUT2D eigenvalue weighted by molar-refractivity contribution is 6.04. The van der Waals surface area contributed by atoms with Gasteiger partial charge in [0, 0.05) is 23.4 Å². The lowest BCUT2D eigenvalue weighted by Crippen LogP contribution is -2.28. The molecule has 162 valence electrons. The number of likely N-dealkylation sites (N-methyl/N-ethyl adjacent to an activating group) is 1. The molecule has 0 aliphatic rings. The molecule has 3 aromatic rings. The number of benzene rings is 3. The van der Waals surface area contributed by atoms with Crippen molar-refractivity contribution in [3.63, 3.8) is 0 Å². The SMILES string of the molecule is CCNC(=O)COc1ccc(NC(=O)c2cccc(OCc3ccccc3C#N)c2)cc1. The van der Waals surface area contributed by atoms with E-state index in [0.717, 1.165) is 5.56 Å². The molecule has 32 heavy (non-hydrogen) atoms. The fraction of sp³-hybridized carbons (Fsp3) is 0.160. The van der Waals surface area contributed by atoms with Crippen LogP contribution < -0.4 is 20.1 Å². The van der Waals surface area contributed by atoms with Crippen LogP contribution in [0.2, 0.25) is 0 Å². The molecule has 3 rings (SSSR count). The van der Waals surface area contributed by atoms with E-state index in [0.29, 0.717) is 34.9 Å². The van der Waals surface area contributed by atoms with Gasteiger partial charge in [0.15, 0.2) is 6.61 Å². The summed E-state index contributed by atoms with van der Waals surface area (Å²) in [6.07, 6.45) is 0. The van der Waals surface area contributed by atoms with Gasteiger partial charge in [0.05, 0.1) is 11.6 Å². The van der Waals surface area contributed by atoms with Crippen LogP contribution in [0.3, 0.4) is 0 Å². The van der Waals surface area contributed by atoms with Gasteiger partial charge in [-0.15, -0.1) is 0 Å². The molecule has 7 nitrogen and oxygen atoms in total. The zero-order valence-corrected chi connectivity index (χ0v) is 17.6. The van der Waals surface area contributed by atoms with Crippen molar-refractivity contribution in [1.29, 1.82) is 5.26 Å². The minimum Gasteiger partial charge on any atom is -0.489 e. The highest BCUT2D eigenvalue weighted by Gasteiger charge is 2.09. The van der Waals surface area contributed by atoms with Crippen LogP contribution in [-0.2, 0) is 11.4 Å². The number of carbonyl (C=O) groups is 2. The van der Waals surface area contributed by atoms with Gasteiger partial charge in [-0.05, 0) is 55.5 Å². The summed E-state index contributed by atoms with van der Waals surface area (Å²) in [5, 5.41) is 14.7. The van der Waals surface area contributed by atoms with Crippen molar-refractivity contribution in [2.75, 3.05) is 18.5 Å². The number of nitrogens with one attached hydrogen (secondary N) is 2. The zero-order valence-electron chi connectivity index (χ0n) is 17.6. The molecule has 0 radical (unpaired) electrons. The third-order valence-corrected chi connectivity index (χ3v) is 4.48.